The fourth-order valence-electron chi connectivity index (χ4n) is 2.42. The molecule has 1 atom stereocenters. The van der Waals surface area contributed by atoms with Crippen molar-refractivity contribution in [2.24, 2.45) is 0 Å². The molecule has 1 aliphatic rings. The number of benzene rings is 2. The maximum atomic E-state index is 4.88. The Balaban J connectivity index is 0.000000156. The second-order valence-corrected chi connectivity index (χ2v) is 8.76. The summed E-state index contributed by atoms with van der Waals surface area (Å²) in [5, 5.41) is 5.67. The van der Waals surface area contributed by atoms with Crippen molar-refractivity contribution in [1.29, 1.82) is 0 Å². The molecule has 134 valence electrons. The van der Waals surface area contributed by atoms with Crippen molar-refractivity contribution in [2.45, 2.75) is 19.9 Å². The van der Waals surface area contributed by atoms with E-state index in [-0.39, 0.29) is 0 Å². The van der Waals surface area contributed by atoms with Gasteiger partial charge in [0.05, 0.1) is 5.52 Å². The first-order chi connectivity index (χ1) is 12.1. The van der Waals surface area contributed by atoms with Crippen molar-refractivity contribution in [1.82, 2.24) is 4.98 Å². The Morgan fingerprint density at radius 3 is 2.44 bits per heavy atom. The Hall–Kier alpha value is -1.34. The number of nitrogens with zero attached hydrogens (tertiary/aromatic N) is 2. The number of aromatic nitrogens is 1. The summed E-state index contributed by atoms with van der Waals surface area (Å²) in [7, 11) is 9.75. The van der Waals surface area contributed by atoms with Crippen LogP contribution in [0, 0.1) is 6.92 Å². The molecule has 0 saturated heterocycles. The molecular weight excluding hydrogens is 534 g/mol. The van der Waals surface area contributed by atoms with Gasteiger partial charge in [0.1, 0.15) is 0 Å². The summed E-state index contributed by atoms with van der Waals surface area (Å²) in [4.78, 5) is 4.38. The number of pyridine rings is 1. The zero-order valence-electron chi connectivity index (χ0n) is 14.0. The third-order valence-corrected chi connectivity index (χ3v) is 3.57. The molecule has 5 heteroatoms. The van der Waals surface area contributed by atoms with Crippen LogP contribution in [0.2, 0.25) is 0 Å². The molecule has 0 radical (unpaired) electrons. The molecule has 4 rings (SSSR count). The number of aryl methyl sites for hydroxylation is 1. The van der Waals surface area contributed by atoms with Crippen molar-refractivity contribution in [3.63, 3.8) is 0 Å². The van der Waals surface area contributed by atoms with E-state index in [9.17, 15) is 0 Å². The summed E-state index contributed by atoms with van der Waals surface area (Å²) < 4.78 is 0. The van der Waals surface area contributed by atoms with Gasteiger partial charge in [0.15, 0.2) is 0 Å². The van der Waals surface area contributed by atoms with E-state index in [0.29, 0.717) is 6.04 Å². The molecular formula is C20H19Cl2N2Pt-. The molecule has 2 nitrogen and oxygen atoms in total. The fraction of sp³-hybridized carbons (Fsp3) is 0.150. The van der Waals surface area contributed by atoms with Gasteiger partial charge in [-0.25, -0.2) is 0 Å². The van der Waals surface area contributed by atoms with E-state index in [1.807, 2.05) is 43.3 Å². The average Bonchev–Trinajstić information content (AvgIpc) is 2.63. The van der Waals surface area contributed by atoms with Gasteiger partial charge in [-0.15, -0.1) is 11.7 Å². The zero-order valence-corrected chi connectivity index (χ0v) is 17.8. The topological polar surface area (TPSA) is 27.0 Å². The number of hydrogen-bond acceptors (Lipinski definition) is 1. The van der Waals surface area contributed by atoms with Crippen LogP contribution in [0.25, 0.3) is 22.3 Å². The third-order valence-electron chi connectivity index (χ3n) is 3.57. The Labute approximate surface area is 165 Å². The predicted octanol–water partition coefficient (Wildman–Crippen LogP) is 7.03. The number of fused-ring (bicyclic) bond motifs is 2. The molecule has 3 aromatic rings. The van der Waals surface area contributed by atoms with Crippen molar-refractivity contribution in [2.75, 3.05) is 0 Å². The van der Waals surface area contributed by atoms with Gasteiger partial charge in [-0.3, -0.25) is 4.98 Å². The summed E-state index contributed by atoms with van der Waals surface area (Å²) in [5.74, 6) is 0. The molecule has 1 aliphatic heterocycles. The first-order valence-electron chi connectivity index (χ1n) is 7.77. The van der Waals surface area contributed by atoms with Crippen LogP contribution < -0.4 is 0 Å². The van der Waals surface area contributed by atoms with Crippen LogP contribution in [0.3, 0.4) is 0 Å². The van der Waals surface area contributed by atoms with Crippen LogP contribution in [-0.4, -0.2) is 11.0 Å². The molecule has 1 unspecified atom stereocenters. The first kappa shape index (κ1) is 20.0. The monoisotopic (exact) mass is 552 g/mol. The van der Waals surface area contributed by atoms with E-state index in [2.05, 4.69) is 53.6 Å². The standard InChI is InChI=1S/C10H10N.C10H9N.2ClH.Pt/c2*1-8-6-7-9-4-2-3-5-10(9)11-8;;;/h2-8H,1H3;2-7H,1H3;2*1H;/q-1;;;;+2/p-2. The minimum atomic E-state index is -0.472. The van der Waals surface area contributed by atoms with Crippen LogP contribution in [0.1, 0.15) is 18.2 Å². The van der Waals surface area contributed by atoms with Crippen LogP contribution >= 0.6 is 18.8 Å². The van der Waals surface area contributed by atoms with Crippen molar-refractivity contribution < 1.29 is 16.5 Å². The van der Waals surface area contributed by atoms with E-state index in [0.717, 1.165) is 16.9 Å². The summed E-state index contributed by atoms with van der Waals surface area (Å²) >= 11 is -0.472. The molecule has 0 aliphatic carbocycles. The van der Waals surface area contributed by atoms with Crippen molar-refractivity contribution >= 4 is 41.5 Å². The summed E-state index contributed by atoms with van der Waals surface area (Å²) in [5.41, 5.74) is 4.49. The Morgan fingerprint density at radius 1 is 0.960 bits per heavy atom. The number of rotatable bonds is 0. The van der Waals surface area contributed by atoms with E-state index in [4.69, 9.17) is 18.8 Å². The Bertz CT molecular complexity index is 837. The van der Waals surface area contributed by atoms with E-state index in [1.54, 1.807) is 0 Å². The van der Waals surface area contributed by atoms with Crippen LogP contribution in [0.15, 0.2) is 66.7 Å². The molecule has 2 aromatic carbocycles. The first-order valence-corrected chi connectivity index (χ1v) is 13.4. The van der Waals surface area contributed by atoms with Crippen LogP contribution in [0.4, 0.5) is 5.69 Å². The van der Waals surface area contributed by atoms with Gasteiger partial charge in [0.2, 0.25) is 0 Å². The third kappa shape index (κ3) is 6.47. The molecule has 0 spiro atoms. The van der Waals surface area contributed by atoms with Crippen molar-refractivity contribution in [3.05, 3.63) is 83.3 Å². The number of halogens is 2. The molecule has 0 N–H and O–H groups in total. The Kier molecular flexibility index (Phi) is 8.47. The number of para-hydroxylation sites is 2. The minimum absolute atomic E-state index is 0.338. The second kappa shape index (κ2) is 10.6. The molecule has 25 heavy (non-hydrogen) atoms. The summed E-state index contributed by atoms with van der Waals surface area (Å²) in [6.45, 7) is 4.10. The molecule has 1 aromatic heterocycles. The summed E-state index contributed by atoms with van der Waals surface area (Å²) in [6, 6.07) is 20.8. The van der Waals surface area contributed by atoms with Crippen LogP contribution in [-0.2, 0) is 16.5 Å². The van der Waals surface area contributed by atoms with Gasteiger partial charge in [-0.05, 0) is 24.6 Å². The average molecular weight is 553 g/mol. The van der Waals surface area contributed by atoms with Gasteiger partial charge in [-0.1, -0.05) is 67.6 Å². The Morgan fingerprint density at radius 2 is 1.64 bits per heavy atom. The molecule has 0 bridgehead atoms. The zero-order chi connectivity index (χ0) is 18.1. The van der Waals surface area contributed by atoms with Gasteiger partial charge in [0, 0.05) is 11.1 Å². The van der Waals surface area contributed by atoms with E-state index >= 15 is 0 Å². The molecule has 0 amide bonds. The van der Waals surface area contributed by atoms with Crippen LogP contribution in [0.5, 0.6) is 0 Å². The predicted molar refractivity (Wildman–Crippen MR) is 106 cm³/mol. The van der Waals surface area contributed by atoms with E-state index < -0.39 is 16.5 Å². The maximum absolute atomic E-state index is 4.88. The number of hydrogen-bond donors (Lipinski definition) is 0. The van der Waals surface area contributed by atoms with Crippen molar-refractivity contribution in [3.8, 4) is 0 Å². The fourth-order valence-corrected chi connectivity index (χ4v) is 2.42. The normalized spacial score (nSPS) is 14.5. The van der Waals surface area contributed by atoms with Gasteiger partial charge in [-0.2, -0.15) is 0 Å². The molecule has 0 fully saturated rings. The molecule has 0 saturated carbocycles. The molecule has 2 heterocycles. The van der Waals surface area contributed by atoms with Gasteiger partial charge >= 0.3 is 35.3 Å². The van der Waals surface area contributed by atoms with Gasteiger partial charge < -0.3 is 5.32 Å². The SMILES string of the molecule is CC1C=Cc2ccccc2[N-]1.Cc1ccc2ccccc2n1.[Cl][Pt][Cl]. The van der Waals surface area contributed by atoms with Gasteiger partial charge in [0.25, 0.3) is 0 Å². The quantitative estimate of drug-likeness (QED) is 0.294. The van der Waals surface area contributed by atoms with E-state index in [1.165, 1.54) is 10.9 Å². The summed E-state index contributed by atoms with van der Waals surface area (Å²) in [6.07, 6.45) is 4.25. The second-order valence-electron chi connectivity index (χ2n) is 5.48.